The number of likely N-dealkylation sites (N-methyl/N-ethyl adjacent to an activating group) is 1. The van der Waals surface area contributed by atoms with E-state index in [1.54, 1.807) is 0 Å². The number of aromatic nitrogens is 2. The van der Waals surface area contributed by atoms with Crippen LogP contribution in [0.3, 0.4) is 0 Å². The lowest BCUT2D eigenvalue weighted by Gasteiger charge is -2.37. The molecule has 1 atom stereocenters. The predicted octanol–water partition coefficient (Wildman–Crippen LogP) is 3.29. The number of amides is 1. The molecular weight excluding hydrogens is 368 g/mol. The van der Waals surface area contributed by atoms with Gasteiger partial charge in [-0.15, -0.1) is 0 Å². The van der Waals surface area contributed by atoms with Crippen molar-refractivity contribution in [3.63, 3.8) is 0 Å². The molecule has 1 aliphatic heterocycles. The second-order valence-electron chi connectivity index (χ2n) is 6.23. The number of piperidine rings is 1. The van der Waals surface area contributed by atoms with Gasteiger partial charge in [-0.2, -0.15) is 0 Å². The lowest BCUT2D eigenvalue weighted by atomic mass is 10.0. The summed E-state index contributed by atoms with van der Waals surface area (Å²) in [6.45, 7) is 3.46. The minimum absolute atomic E-state index is 0.0826. The van der Waals surface area contributed by atoms with Crippen molar-refractivity contribution in [1.82, 2.24) is 14.9 Å². The Labute approximate surface area is 150 Å². The molecule has 1 aromatic heterocycles. The van der Waals surface area contributed by atoms with Crippen molar-refractivity contribution in [3.05, 3.63) is 52.3 Å². The summed E-state index contributed by atoms with van der Waals surface area (Å²) >= 11 is 3.43. The molecule has 1 aliphatic rings. The highest BCUT2D eigenvalue weighted by atomic mass is 79.9. The summed E-state index contributed by atoms with van der Waals surface area (Å²) < 4.78 is 0.923. The van der Waals surface area contributed by atoms with E-state index in [1.807, 2.05) is 55.5 Å². The largest absolute Gasteiger partial charge is 0.339 e. The zero-order chi connectivity index (χ0) is 17.1. The van der Waals surface area contributed by atoms with Crippen LogP contribution in [0, 0.1) is 6.92 Å². The van der Waals surface area contributed by atoms with Gasteiger partial charge in [0.1, 0.15) is 0 Å². The smallest absolute Gasteiger partial charge is 0.253 e. The molecule has 6 heteroatoms. The highest BCUT2D eigenvalue weighted by molar-refractivity contribution is 9.10. The normalized spacial score (nSPS) is 17.6. The van der Waals surface area contributed by atoms with Crippen molar-refractivity contribution in [2.24, 2.45) is 0 Å². The van der Waals surface area contributed by atoms with Gasteiger partial charge in [-0.25, -0.2) is 9.97 Å². The van der Waals surface area contributed by atoms with Gasteiger partial charge in [-0.05, 0) is 43.5 Å². The van der Waals surface area contributed by atoms with Crippen molar-refractivity contribution in [1.29, 1.82) is 0 Å². The topological polar surface area (TPSA) is 49.3 Å². The monoisotopic (exact) mass is 388 g/mol. The van der Waals surface area contributed by atoms with E-state index in [9.17, 15) is 4.79 Å². The molecule has 3 rings (SSSR count). The van der Waals surface area contributed by atoms with E-state index in [0.717, 1.165) is 35.0 Å². The summed E-state index contributed by atoms with van der Waals surface area (Å²) in [6, 6.07) is 7.79. The maximum atomic E-state index is 12.8. The number of aryl methyl sites for hydroxylation is 1. The standard InChI is InChI=1S/C18H21BrN4O/c1-13-10-20-18(21-11-13)22(2)16-7-4-8-23(12-16)17(24)14-5-3-6-15(19)9-14/h3,5-6,9-11,16H,4,7-8,12H2,1-2H3. The molecule has 0 bridgehead atoms. The first kappa shape index (κ1) is 16.9. The lowest BCUT2D eigenvalue weighted by Crippen LogP contribution is -2.49. The highest BCUT2D eigenvalue weighted by Crippen LogP contribution is 2.21. The molecule has 2 aromatic rings. The van der Waals surface area contributed by atoms with Gasteiger partial charge in [-0.1, -0.05) is 22.0 Å². The number of carbonyl (C=O) groups is 1. The molecule has 0 aliphatic carbocycles. The van der Waals surface area contributed by atoms with Gasteiger partial charge in [0.05, 0.1) is 0 Å². The highest BCUT2D eigenvalue weighted by Gasteiger charge is 2.28. The van der Waals surface area contributed by atoms with Crippen LogP contribution in [-0.2, 0) is 0 Å². The van der Waals surface area contributed by atoms with E-state index in [4.69, 9.17) is 0 Å². The number of benzene rings is 1. The minimum Gasteiger partial charge on any atom is -0.339 e. The van der Waals surface area contributed by atoms with Crippen LogP contribution in [0.1, 0.15) is 28.8 Å². The molecule has 0 spiro atoms. The van der Waals surface area contributed by atoms with Gasteiger partial charge in [0.25, 0.3) is 5.91 Å². The summed E-state index contributed by atoms with van der Waals surface area (Å²) in [5, 5.41) is 0. The van der Waals surface area contributed by atoms with E-state index in [-0.39, 0.29) is 11.9 Å². The summed E-state index contributed by atoms with van der Waals surface area (Å²) in [4.78, 5) is 25.6. The lowest BCUT2D eigenvalue weighted by molar-refractivity contribution is 0.0707. The summed E-state index contributed by atoms with van der Waals surface area (Å²) in [5.41, 5.74) is 1.77. The van der Waals surface area contributed by atoms with Crippen molar-refractivity contribution in [3.8, 4) is 0 Å². The Morgan fingerprint density at radius 3 is 2.79 bits per heavy atom. The van der Waals surface area contributed by atoms with Crippen LogP contribution in [-0.4, -0.2) is 47.0 Å². The Morgan fingerprint density at radius 1 is 1.33 bits per heavy atom. The maximum absolute atomic E-state index is 12.8. The average Bonchev–Trinajstić information content (AvgIpc) is 2.61. The van der Waals surface area contributed by atoms with Crippen molar-refractivity contribution < 1.29 is 4.79 Å². The van der Waals surface area contributed by atoms with Gasteiger partial charge in [-0.3, -0.25) is 4.79 Å². The minimum atomic E-state index is 0.0826. The Morgan fingerprint density at radius 2 is 2.08 bits per heavy atom. The van der Waals surface area contributed by atoms with Crippen LogP contribution < -0.4 is 4.90 Å². The van der Waals surface area contributed by atoms with Gasteiger partial charge in [0.15, 0.2) is 0 Å². The van der Waals surface area contributed by atoms with Crippen LogP contribution in [0.15, 0.2) is 41.1 Å². The molecule has 1 fully saturated rings. The predicted molar refractivity (Wildman–Crippen MR) is 98.2 cm³/mol. The number of rotatable bonds is 3. The third-order valence-corrected chi connectivity index (χ3v) is 4.88. The molecule has 0 radical (unpaired) electrons. The van der Waals surface area contributed by atoms with Gasteiger partial charge < -0.3 is 9.80 Å². The van der Waals surface area contributed by atoms with Crippen LogP contribution in [0.4, 0.5) is 5.95 Å². The Balaban J connectivity index is 1.72. The molecule has 0 saturated carbocycles. The van der Waals surface area contributed by atoms with E-state index >= 15 is 0 Å². The van der Waals surface area contributed by atoms with Crippen molar-refractivity contribution in [2.75, 3.05) is 25.0 Å². The summed E-state index contributed by atoms with van der Waals surface area (Å²) in [7, 11) is 2.00. The van der Waals surface area contributed by atoms with Crippen molar-refractivity contribution >= 4 is 27.8 Å². The van der Waals surface area contributed by atoms with E-state index in [1.165, 1.54) is 0 Å². The first-order chi connectivity index (χ1) is 11.5. The van der Waals surface area contributed by atoms with Crippen LogP contribution in [0.25, 0.3) is 0 Å². The maximum Gasteiger partial charge on any atom is 0.253 e. The zero-order valence-electron chi connectivity index (χ0n) is 13.9. The summed E-state index contributed by atoms with van der Waals surface area (Å²) in [5.74, 6) is 0.793. The number of halogens is 1. The number of hydrogen-bond acceptors (Lipinski definition) is 4. The first-order valence-corrected chi connectivity index (χ1v) is 8.90. The van der Waals surface area contributed by atoms with E-state index in [2.05, 4.69) is 30.8 Å². The molecular formula is C18H21BrN4O. The van der Waals surface area contributed by atoms with Gasteiger partial charge in [0, 0.05) is 48.6 Å². The summed E-state index contributed by atoms with van der Waals surface area (Å²) in [6.07, 6.45) is 5.68. The molecule has 2 heterocycles. The second kappa shape index (κ2) is 7.30. The van der Waals surface area contributed by atoms with Gasteiger partial charge in [0.2, 0.25) is 5.95 Å². The average molecular weight is 389 g/mol. The number of hydrogen-bond donors (Lipinski definition) is 0. The quantitative estimate of drug-likeness (QED) is 0.809. The molecule has 1 amide bonds. The zero-order valence-corrected chi connectivity index (χ0v) is 15.5. The third kappa shape index (κ3) is 3.75. The number of anilines is 1. The van der Waals surface area contributed by atoms with Crippen LogP contribution >= 0.6 is 15.9 Å². The molecule has 1 saturated heterocycles. The number of likely N-dealkylation sites (tertiary alicyclic amines) is 1. The Bertz CT molecular complexity index is 719. The first-order valence-electron chi connectivity index (χ1n) is 8.11. The molecule has 24 heavy (non-hydrogen) atoms. The molecule has 5 nitrogen and oxygen atoms in total. The van der Waals surface area contributed by atoms with Crippen LogP contribution in [0.5, 0.6) is 0 Å². The van der Waals surface area contributed by atoms with E-state index < -0.39 is 0 Å². The Hall–Kier alpha value is -1.95. The molecule has 0 N–H and O–H groups in total. The van der Waals surface area contributed by atoms with Crippen molar-refractivity contribution in [2.45, 2.75) is 25.8 Å². The second-order valence-corrected chi connectivity index (χ2v) is 7.14. The number of carbonyl (C=O) groups excluding carboxylic acids is 1. The van der Waals surface area contributed by atoms with E-state index in [0.29, 0.717) is 12.5 Å². The fourth-order valence-corrected chi connectivity index (χ4v) is 3.39. The number of nitrogens with zero attached hydrogens (tertiary/aromatic N) is 4. The molecule has 1 aromatic carbocycles. The fraction of sp³-hybridized carbons (Fsp3) is 0.389. The Kier molecular flexibility index (Phi) is 5.14. The van der Waals surface area contributed by atoms with Crippen LogP contribution in [0.2, 0.25) is 0 Å². The molecule has 126 valence electrons. The third-order valence-electron chi connectivity index (χ3n) is 4.39. The fourth-order valence-electron chi connectivity index (χ4n) is 2.99. The molecule has 1 unspecified atom stereocenters. The van der Waals surface area contributed by atoms with Gasteiger partial charge >= 0.3 is 0 Å². The SMILES string of the molecule is Cc1cnc(N(C)C2CCCN(C(=O)c3cccc(Br)c3)C2)nc1.